The number of rotatable bonds is 2. The van der Waals surface area contributed by atoms with Crippen LogP contribution < -0.4 is 4.74 Å². The molecule has 11 heavy (non-hydrogen) atoms. The number of hydrogen-bond acceptors (Lipinski definition) is 3. The second-order valence-corrected chi connectivity index (χ2v) is 4.06. The zero-order valence-electron chi connectivity index (χ0n) is 6.30. The van der Waals surface area contributed by atoms with Crippen molar-refractivity contribution in [1.29, 1.82) is 0 Å². The number of methoxy groups -OCH3 is 1. The molecule has 0 radical (unpaired) electrons. The van der Waals surface area contributed by atoms with Gasteiger partial charge in [-0.3, -0.25) is 0 Å². The fourth-order valence-corrected chi connectivity index (χ4v) is 2.32. The molecule has 4 heteroatoms. The smallest absolute Gasteiger partial charge is 0.188 e. The molecule has 1 atom stereocenters. The first-order valence-electron chi connectivity index (χ1n) is 3.16. The highest BCUT2D eigenvalue weighted by Crippen LogP contribution is 2.37. The van der Waals surface area contributed by atoms with Gasteiger partial charge in [0.25, 0.3) is 0 Å². The molecular weight excluding hydrogens is 228 g/mol. The molecule has 1 aromatic heterocycles. The van der Waals surface area contributed by atoms with Crippen LogP contribution in [0.15, 0.2) is 10.5 Å². The van der Waals surface area contributed by atoms with Gasteiger partial charge in [0.15, 0.2) is 5.06 Å². The van der Waals surface area contributed by atoms with Gasteiger partial charge in [0.1, 0.15) is 0 Å². The van der Waals surface area contributed by atoms with Crippen molar-refractivity contribution in [3.05, 3.63) is 15.4 Å². The van der Waals surface area contributed by atoms with Crippen molar-refractivity contribution in [2.75, 3.05) is 7.11 Å². The monoisotopic (exact) mass is 236 g/mol. The Kier molecular flexibility index (Phi) is 2.92. The van der Waals surface area contributed by atoms with Crippen molar-refractivity contribution in [3.8, 4) is 5.06 Å². The fourth-order valence-electron chi connectivity index (χ4n) is 0.714. The summed E-state index contributed by atoms with van der Waals surface area (Å²) in [7, 11) is 1.61. The Balaban J connectivity index is 2.95. The van der Waals surface area contributed by atoms with Crippen LogP contribution >= 0.6 is 27.3 Å². The molecule has 0 amide bonds. The molecule has 0 unspecified atom stereocenters. The maximum atomic E-state index is 9.19. The molecule has 0 aliphatic heterocycles. The summed E-state index contributed by atoms with van der Waals surface area (Å²) in [4.78, 5) is 0.911. The minimum absolute atomic E-state index is 0.416. The van der Waals surface area contributed by atoms with Gasteiger partial charge in [-0.15, -0.1) is 11.3 Å². The molecule has 0 saturated heterocycles. The van der Waals surface area contributed by atoms with E-state index in [9.17, 15) is 5.11 Å². The third-order valence-electron chi connectivity index (χ3n) is 1.27. The highest BCUT2D eigenvalue weighted by atomic mass is 79.9. The molecule has 1 heterocycles. The summed E-state index contributed by atoms with van der Waals surface area (Å²) in [5, 5.41) is 10.00. The van der Waals surface area contributed by atoms with E-state index in [1.807, 2.05) is 6.07 Å². The Hall–Kier alpha value is -0.0600. The van der Waals surface area contributed by atoms with Crippen LogP contribution in [0.4, 0.5) is 0 Å². The van der Waals surface area contributed by atoms with E-state index in [2.05, 4.69) is 15.9 Å². The van der Waals surface area contributed by atoms with Gasteiger partial charge in [-0.05, 0) is 28.9 Å². The summed E-state index contributed by atoms with van der Waals surface area (Å²) in [6, 6.07) is 1.87. The number of aliphatic hydroxyl groups excluding tert-OH is 1. The van der Waals surface area contributed by atoms with Crippen LogP contribution in [0.2, 0.25) is 0 Å². The lowest BCUT2D eigenvalue weighted by molar-refractivity contribution is 0.203. The maximum absolute atomic E-state index is 9.19. The number of halogens is 1. The zero-order chi connectivity index (χ0) is 8.43. The van der Waals surface area contributed by atoms with Crippen LogP contribution in [0, 0.1) is 0 Å². The number of ether oxygens (including phenoxy) is 1. The third kappa shape index (κ3) is 1.95. The van der Waals surface area contributed by atoms with Crippen LogP contribution in [0.5, 0.6) is 5.06 Å². The Morgan fingerprint density at radius 1 is 1.73 bits per heavy atom. The van der Waals surface area contributed by atoms with Gasteiger partial charge < -0.3 is 9.84 Å². The molecule has 2 nitrogen and oxygen atoms in total. The lowest BCUT2D eigenvalue weighted by Crippen LogP contribution is -1.83. The van der Waals surface area contributed by atoms with Crippen molar-refractivity contribution >= 4 is 27.3 Å². The van der Waals surface area contributed by atoms with Crippen molar-refractivity contribution in [3.63, 3.8) is 0 Å². The van der Waals surface area contributed by atoms with E-state index in [-0.39, 0.29) is 0 Å². The Labute approximate surface area is 77.9 Å². The summed E-state index contributed by atoms with van der Waals surface area (Å²) in [5.74, 6) is 0. The average Bonchev–Trinajstić information content (AvgIpc) is 2.31. The lowest BCUT2D eigenvalue weighted by atomic mass is 10.3. The minimum Gasteiger partial charge on any atom is -0.486 e. The van der Waals surface area contributed by atoms with Crippen LogP contribution in [0.1, 0.15) is 17.9 Å². The zero-order valence-corrected chi connectivity index (χ0v) is 8.70. The molecule has 1 rings (SSSR count). The minimum atomic E-state index is -0.416. The molecule has 1 N–H and O–H groups in total. The summed E-state index contributed by atoms with van der Waals surface area (Å²) >= 11 is 4.77. The van der Waals surface area contributed by atoms with Gasteiger partial charge in [-0.2, -0.15) is 0 Å². The number of hydrogen-bond donors (Lipinski definition) is 1. The van der Waals surface area contributed by atoms with Gasteiger partial charge in [-0.25, -0.2) is 0 Å². The first-order chi connectivity index (χ1) is 5.15. The molecule has 0 spiro atoms. The second kappa shape index (κ2) is 3.56. The quantitative estimate of drug-likeness (QED) is 0.856. The molecule has 0 bridgehead atoms. The average molecular weight is 237 g/mol. The first-order valence-corrected chi connectivity index (χ1v) is 4.77. The van der Waals surface area contributed by atoms with Gasteiger partial charge in [0.05, 0.1) is 17.7 Å². The standard InChI is InChI=1S/C7H9BrO2S/c1-4(9)6-3-5(8)7(10-2)11-6/h3-4,9H,1-2H3/t4-/m0/s1. The summed E-state index contributed by atoms with van der Waals surface area (Å²) < 4.78 is 5.94. The van der Waals surface area contributed by atoms with Gasteiger partial charge in [-0.1, -0.05) is 0 Å². The van der Waals surface area contributed by atoms with Crippen molar-refractivity contribution in [2.24, 2.45) is 0 Å². The van der Waals surface area contributed by atoms with Crippen LogP contribution in [0.3, 0.4) is 0 Å². The first kappa shape index (κ1) is 9.03. The highest BCUT2D eigenvalue weighted by Gasteiger charge is 2.09. The van der Waals surface area contributed by atoms with E-state index in [0.717, 1.165) is 14.4 Å². The predicted molar refractivity (Wildman–Crippen MR) is 49.2 cm³/mol. The van der Waals surface area contributed by atoms with Crippen molar-refractivity contribution < 1.29 is 9.84 Å². The van der Waals surface area contributed by atoms with E-state index in [1.54, 1.807) is 14.0 Å². The Morgan fingerprint density at radius 3 is 2.64 bits per heavy atom. The van der Waals surface area contributed by atoms with E-state index in [4.69, 9.17) is 4.74 Å². The van der Waals surface area contributed by atoms with Crippen LogP contribution in [-0.4, -0.2) is 12.2 Å². The fraction of sp³-hybridized carbons (Fsp3) is 0.429. The molecule has 0 fully saturated rings. The highest BCUT2D eigenvalue weighted by molar-refractivity contribution is 9.10. The molecular formula is C7H9BrO2S. The van der Waals surface area contributed by atoms with E-state index in [0.29, 0.717) is 0 Å². The van der Waals surface area contributed by atoms with E-state index in [1.165, 1.54) is 11.3 Å². The summed E-state index contributed by atoms with van der Waals surface area (Å²) in [6.07, 6.45) is -0.416. The van der Waals surface area contributed by atoms with E-state index < -0.39 is 6.10 Å². The van der Waals surface area contributed by atoms with Gasteiger partial charge in [0.2, 0.25) is 0 Å². The number of thiophene rings is 1. The van der Waals surface area contributed by atoms with Crippen LogP contribution in [0.25, 0.3) is 0 Å². The SMILES string of the molecule is COc1sc([C@H](C)O)cc1Br. The molecule has 0 aromatic carbocycles. The van der Waals surface area contributed by atoms with Gasteiger partial charge in [0, 0.05) is 4.88 Å². The molecule has 0 aliphatic carbocycles. The second-order valence-electron chi connectivity index (χ2n) is 2.16. The molecule has 0 aliphatic rings. The Bertz CT molecular complexity index is 245. The van der Waals surface area contributed by atoms with E-state index >= 15 is 0 Å². The summed E-state index contributed by atoms with van der Waals surface area (Å²) in [6.45, 7) is 1.73. The number of aliphatic hydroxyl groups is 1. The maximum Gasteiger partial charge on any atom is 0.188 e. The van der Waals surface area contributed by atoms with Crippen molar-refractivity contribution in [1.82, 2.24) is 0 Å². The third-order valence-corrected chi connectivity index (χ3v) is 3.39. The lowest BCUT2D eigenvalue weighted by Gasteiger charge is -1.96. The van der Waals surface area contributed by atoms with Gasteiger partial charge >= 0.3 is 0 Å². The molecule has 1 aromatic rings. The predicted octanol–water partition coefficient (Wildman–Crippen LogP) is 2.57. The molecule has 0 saturated carbocycles. The normalized spacial score (nSPS) is 13.1. The topological polar surface area (TPSA) is 29.5 Å². The van der Waals surface area contributed by atoms with Crippen LogP contribution in [-0.2, 0) is 0 Å². The van der Waals surface area contributed by atoms with Crippen molar-refractivity contribution in [2.45, 2.75) is 13.0 Å². The Morgan fingerprint density at radius 2 is 2.36 bits per heavy atom. The molecule has 62 valence electrons. The largest absolute Gasteiger partial charge is 0.486 e. The summed E-state index contributed by atoms with van der Waals surface area (Å²) in [5.41, 5.74) is 0.